The summed E-state index contributed by atoms with van der Waals surface area (Å²) in [7, 11) is 0. The van der Waals surface area contributed by atoms with Gasteiger partial charge in [0.25, 0.3) is 0 Å². The highest BCUT2D eigenvalue weighted by atomic mass is 16.5. The molecule has 7 nitrogen and oxygen atoms in total. The smallest absolute Gasteiger partial charge is 0.339 e. The van der Waals surface area contributed by atoms with E-state index >= 15 is 0 Å². The summed E-state index contributed by atoms with van der Waals surface area (Å²) in [6.45, 7) is 1.52. The molecule has 3 aliphatic rings. The highest BCUT2D eigenvalue weighted by Crippen LogP contribution is 2.53. The molecule has 0 spiro atoms. The Balaban J connectivity index is 1.03. The Hall–Kier alpha value is -5.69. The van der Waals surface area contributed by atoms with Gasteiger partial charge in [0.1, 0.15) is 0 Å². The number of ether oxygens (including phenoxy) is 1. The fourth-order valence-corrected chi connectivity index (χ4v) is 7.42. The highest BCUT2D eigenvalue weighted by Gasteiger charge is 2.59. The van der Waals surface area contributed by atoms with Crippen LogP contribution in [-0.2, 0) is 14.3 Å². The molecule has 8 rings (SSSR count). The normalized spacial score (nSPS) is 21.0. The van der Waals surface area contributed by atoms with Crippen molar-refractivity contribution in [3.63, 3.8) is 0 Å². The average molecular weight is 619 g/mol. The van der Waals surface area contributed by atoms with Gasteiger partial charge in [0.15, 0.2) is 12.4 Å². The van der Waals surface area contributed by atoms with E-state index in [-0.39, 0.29) is 41.3 Å². The molecule has 7 heteroatoms. The number of ketones is 1. The third-order valence-corrected chi connectivity index (χ3v) is 9.80. The molecule has 47 heavy (non-hydrogen) atoms. The molecule has 230 valence electrons. The number of aryl methyl sites for hydroxylation is 1. The van der Waals surface area contributed by atoms with Crippen LogP contribution in [0.4, 0.5) is 5.69 Å². The summed E-state index contributed by atoms with van der Waals surface area (Å²) in [6, 6.07) is 31.5. The molecule has 1 aliphatic heterocycles. The number of carbonyl (C=O) groups excluding carboxylic acids is 4. The first-order chi connectivity index (χ1) is 22.9. The Morgan fingerprint density at radius 2 is 1.40 bits per heavy atom. The monoisotopic (exact) mass is 618 g/mol. The Morgan fingerprint density at radius 1 is 0.766 bits per heavy atom. The molecule has 2 heterocycles. The first kappa shape index (κ1) is 28.8. The summed E-state index contributed by atoms with van der Waals surface area (Å²) in [5.41, 5.74) is 6.09. The second kappa shape index (κ2) is 11.3. The minimum atomic E-state index is -0.627. The summed E-state index contributed by atoms with van der Waals surface area (Å²) < 4.78 is 5.56. The van der Waals surface area contributed by atoms with Crippen LogP contribution in [0, 0.1) is 30.6 Å². The van der Waals surface area contributed by atoms with Gasteiger partial charge < -0.3 is 4.74 Å². The van der Waals surface area contributed by atoms with Crippen LogP contribution in [0.5, 0.6) is 0 Å². The molecule has 2 fully saturated rings. The van der Waals surface area contributed by atoms with Gasteiger partial charge in [0, 0.05) is 16.5 Å². The number of imide groups is 1. The molecule has 4 aromatic carbocycles. The number of para-hydroxylation sites is 1. The third kappa shape index (κ3) is 4.86. The van der Waals surface area contributed by atoms with Gasteiger partial charge in [0.2, 0.25) is 11.8 Å². The van der Waals surface area contributed by atoms with Crippen molar-refractivity contribution >= 4 is 40.2 Å². The second-order valence-electron chi connectivity index (χ2n) is 12.5. The van der Waals surface area contributed by atoms with Crippen LogP contribution in [0.3, 0.4) is 0 Å². The fourth-order valence-electron chi connectivity index (χ4n) is 7.42. The maximum absolute atomic E-state index is 13.5. The number of allylic oxidation sites excluding steroid dienone is 2. The predicted molar refractivity (Wildman–Crippen MR) is 179 cm³/mol. The Bertz CT molecular complexity index is 2090. The van der Waals surface area contributed by atoms with Crippen LogP contribution in [0.25, 0.3) is 33.3 Å². The zero-order chi connectivity index (χ0) is 32.2. The van der Waals surface area contributed by atoms with Crippen LogP contribution in [-0.4, -0.2) is 35.2 Å². The van der Waals surface area contributed by atoms with E-state index in [1.165, 1.54) is 4.90 Å². The molecular weight excluding hydrogens is 588 g/mol. The van der Waals surface area contributed by atoms with Crippen molar-refractivity contribution in [3.8, 4) is 22.4 Å². The van der Waals surface area contributed by atoms with Gasteiger partial charge in [-0.2, -0.15) is 0 Å². The van der Waals surface area contributed by atoms with Crippen molar-refractivity contribution in [1.29, 1.82) is 0 Å². The van der Waals surface area contributed by atoms with E-state index < -0.39 is 12.6 Å². The van der Waals surface area contributed by atoms with E-state index in [4.69, 9.17) is 9.72 Å². The number of hydrogen-bond acceptors (Lipinski definition) is 6. The van der Waals surface area contributed by atoms with Crippen molar-refractivity contribution in [2.24, 2.45) is 23.7 Å². The lowest BCUT2D eigenvalue weighted by atomic mass is 9.85. The topological polar surface area (TPSA) is 93.6 Å². The molecule has 1 saturated carbocycles. The number of amides is 2. The zero-order valence-electron chi connectivity index (χ0n) is 25.6. The lowest BCUT2D eigenvalue weighted by Gasteiger charge is -2.18. The number of esters is 1. The van der Waals surface area contributed by atoms with Gasteiger partial charge in [-0.05, 0) is 60.1 Å². The van der Waals surface area contributed by atoms with E-state index in [2.05, 4.69) is 12.2 Å². The summed E-state index contributed by atoms with van der Waals surface area (Å²) >= 11 is 0. The van der Waals surface area contributed by atoms with Gasteiger partial charge in [-0.1, -0.05) is 97.1 Å². The fraction of sp³-hybridized carbons (Fsp3) is 0.175. The standard InChI is InChI=1S/C40H30N2O5/c1-23-6-5-9-31-32(40(46)47-22-34(43)27-12-10-25(11-13-27)24-7-3-2-4-8-24)21-33(41-37(23)31)26-16-18-30(19-17-26)42-38(44)35-28-14-15-29(20-28)36(35)39(42)45/h2-19,21,28-29,35-36H,20,22H2,1H3. The molecule has 2 amide bonds. The molecule has 1 aromatic heterocycles. The van der Waals surface area contributed by atoms with Crippen molar-refractivity contribution < 1.29 is 23.9 Å². The lowest BCUT2D eigenvalue weighted by Crippen LogP contribution is -2.32. The largest absolute Gasteiger partial charge is 0.454 e. The number of nitrogens with zero attached hydrogens (tertiary/aromatic N) is 2. The number of carbonyl (C=O) groups is 4. The summed E-state index contributed by atoms with van der Waals surface area (Å²) in [4.78, 5) is 59.3. The van der Waals surface area contributed by atoms with E-state index in [9.17, 15) is 19.2 Å². The van der Waals surface area contributed by atoms with E-state index in [1.807, 2.05) is 67.6 Å². The number of benzene rings is 4. The van der Waals surface area contributed by atoms with Crippen molar-refractivity contribution in [3.05, 3.63) is 132 Å². The number of fused-ring (bicyclic) bond motifs is 6. The minimum absolute atomic E-state index is 0.129. The van der Waals surface area contributed by atoms with Crippen LogP contribution < -0.4 is 4.90 Å². The van der Waals surface area contributed by atoms with Crippen molar-refractivity contribution in [1.82, 2.24) is 4.98 Å². The zero-order valence-corrected chi connectivity index (χ0v) is 25.6. The average Bonchev–Trinajstić information content (AvgIpc) is 3.80. The maximum Gasteiger partial charge on any atom is 0.339 e. The van der Waals surface area contributed by atoms with Gasteiger partial charge in [-0.15, -0.1) is 0 Å². The Morgan fingerprint density at radius 3 is 2.09 bits per heavy atom. The van der Waals surface area contributed by atoms with Crippen LogP contribution >= 0.6 is 0 Å². The number of Topliss-reactive ketones (excluding diaryl/α,β-unsaturated/α-hetero) is 1. The molecule has 5 aromatic rings. The van der Waals surface area contributed by atoms with Crippen LogP contribution in [0.15, 0.2) is 115 Å². The molecule has 0 radical (unpaired) electrons. The molecular formula is C40H30N2O5. The summed E-state index contributed by atoms with van der Waals surface area (Å²) in [5.74, 6) is -1.44. The second-order valence-corrected chi connectivity index (χ2v) is 12.5. The van der Waals surface area contributed by atoms with Gasteiger partial charge in [-0.25, -0.2) is 9.78 Å². The summed E-state index contributed by atoms with van der Waals surface area (Å²) in [6.07, 6.45) is 5.05. The number of anilines is 1. The van der Waals surface area contributed by atoms with Crippen LogP contribution in [0.2, 0.25) is 0 Å². The SMILES string of the molecule is Cc1cccc2c(C(=O)OCC(=O)c3ccc(-c4ccccc4)cc3)cc(-c3ccc(N4C(=O)C5C6C=CC(C6)C5C4=O)cc3)nc12. The minimum Gasteiger partial charge on any atom is -0.454 e. The number of rotatable bonds is 7. The van der Waals surface area contributed by atoms with Crippen LogP contribution in [0.1, 0.15) is 32.7 Å². The summed E-state index contributed by atoms with van der Waals surface area (Å²) in [5, 5.41) is 0.623. The first-order valence-corrected chi connectivity index (χ1v) is 15.8. The van der Waals surface area contributed by atoms with Gasteiger partial charge in [-0.3, -0.25) is 19.3 Å². The van der Waals surface area contributed by atoms with Crippen molar-refractivity contribution in [2.45, 2.75) is 13.3 Å². The number of hydrogen-bond donors (Lipinski definition) is 0. The predicted octanol–water partition coefficient (Wildman–Crippen LogP) is 7.23. The quantitative estimate of drug-likeness (QED) is 0.0827. The first-order valence-electron chi connectivity index (χ1n) is 15.8. The van der Waals surface area contributed by atoms with E-state index in [1.54, 1.807) is 42.5 Å². The van der Waals surface area contributed by atoms with Crippen molar-refractivity contribution in [2.75, 3.05) is 11.5 Å². The lowest BCUT2D eigenvalue weighted by molar-refractivity contribution is -0.123. The third-order valence-electron chi connectivity index (χ3n) is 9.80. The Kier molecular flexibility index (Phi) is 6.90. The van der Waals surface area contributed by atoms with Gasteiger partial charge >= 0.3 is 5.97 Å². The molecule has 4 unspecified atom stereocenters. The molecule has 1 saturated heterocycles. The number of pyridine rings is 1. The van der Waals surface area contributed by atoms with E-state index in [0.29, 0.717) is 39.0 Å². The van der Waals surface area contributed by atoms with E-state index in [0.717, 1.165) is 23.1 Å². The number of aromatic nitrogens is 1. The molecule has 4 atom stereocenters. The highest BCUT2D eigenvalue weighted by molar-refractivity contribution is 6.23. The maximum atomic E-state index is 13.5. The molecule has 2 bridgehead atoms. The molecule has 0 N–H and O–H groups in total. The Labute approximate surface area is 271 Å². The van der Waals surface area contributed by atoms with Gasteiger partial charge in [0.05, 0.1) is 34.3 Å². The molecule has 2 aliphatic carbocycles.